The van der Waals surface area contributed by atoms with Crippen LogP contribution in [0.5, 0.6) is 0 Å². The Kier molecular flexibility index (Phi) is 22.8. The number of aliphatic hydroxyl groups excluding tert-OH is 1. The Morgan fingerprint density at radius 3 is 2.13 bits per heavy atom. The van der Waals surface area contributed by atoms with E-state index in [4.69, 9.17) is 4.74 Å². The fourth-order valence-electron chi connectivity index (χ4n) is 5.87. The molecule has 0 saturated heterocycles. The van der Waals surface area contributed by atoms with E-state index in [1.807, 2.05) is 0 Å². The van der Waals surface area contributed by atoms with Crippen LogP contribution in [0.2, 0.25) is 0 Å². The largest absolute Gasteiger partial charge is 0.389 e. The maximum Gasteiger partial charge on any atom is 0.0815 e. The summed E-state index contributed by atoms with van der Waals surface area (Å²) in [4.78, 5) is 0. The number of ether oxygens (including phenoxy) is 1. The maximum absolute atomic E-state index is 10.6. The molecule has 2 nitrogen and oxygen atoms in total. The Bertz CT molecular complexity index is 606. The highest BCUT2D eigenvalue weighted by Gasteiger charge is 2.34. The Morgan fingerprint density at radius 1 is 0.842 bits per heavy atom. The third kappa shape index (κ3) is 16.5. The van der Waals surface area contributed by atoms with E-state index >= 15 is 0 Å². The van der Waals surface area contributed by atoms with Gasteiger partial charge in [-0.15, -0.1) is 0 Å². The molecular weight excluding hydrogens is 464 g/mol. The summed E-state index contributed by atoms with van der Waals surface area (Å²) in [6, 6.07) is 0. The Morgan fingerprint density at radius 2 is 1.45 bits per heavy atom. The van der Waals surface area contributed by atoms with Gasteiger partial charge in [-0.1, -0.05) is 137 Å². The van der Waals surface area contributed by atoms with Crippen molar-refractivity contribution in [3.8, 4) is 0 Å². The Balaban J connectivity index is 0.0000137. The molecule has 226 valence electrons. The molecule has 0 fully saturated rings. The zero-order valence-corrected chi connectivity index (χ0v) is 26.2. The predicted molar refractivity (Wildman–Crippen MR) is 171 cm³/mol. The van der Waals surface area contributed by atoms with Crippen LogP contribution in [0.3, 0.4) is 0 Å². The summed E-state index contributed by atoms with van der Waals surface area (Å²) in [7, 11) is 0. The van der Waals surface area contributed by atoms with Crippen molar-refractivity contribution in [3.63, 3.8) is 0 Å². The minimum absolute atomic E-state index is 0. The average molecular weight is 535 g/mol. The normalized spacial score (nSPS) is 23.6. The molecule has 38 heavy (non-hydrogen) atoms. The van der Waals surface area contributed by atoms with E-state index < -0.39 is 0 Å². The minimum Gasteiger partial charge on any atom is -0.389 e. The molecule has 1 aliphatic rings. The van der Waals surface area contributed by atoms with Gasteiger partial charge >= 0.3 is 0 Å². The molecule has 1 aliphatic carbocycles. The second-order valence-corrected chi connectivity index (χ2v) is 12.8. The van der Waals surface area contributed by atoms with Gasteiger partial charge in [-0.2, -0.15) is 0 Å². The first kappa shape index (κ1) is 37.4. The topological polar surface area (TPSA) is 29.5 Å². The van der Waals surface area contributed by atoms with Crippen LogP contribution in [0.4, 0.5) is 0 Å². The number of hydrogen-bond acceptors (Lipinski definition) is 2. The lowest BCUT2D eigenvalue weighted by atomic mass is 9.76. The highest BCUT2D eigenvalue weighted by Crippen LogP contribution is 2.35. The molecule has 2 heteroatoms. The maximum atomic E-state index is 10.6. The zero-order chi connectivity index (χ0) is 27.5. The fourth-order valence-corrected chi connectivity index (χ4v) is 5.87. The Labute approximate surface area is 240 Å². The molecule has 0 aromatic heterocycles. The van der Waals surface area contributed by atoms with Gasteiger partial charge in [-0.25, -0.2) is 0 Å². The van der Waals surface area contributed by atoms with Crippen LogP contribution >= 0.6 is 0 Å². The first-order valence-corrected chi connectivity index (χ1v) is 16.5. The van der Waals surface area contributed by atoms with Crippen LogP contribution in [0, 0.1) is 23.7 Å². The molecule has 0 aromatic carbocycles. The molecular formula is C36H70O2. The van der Waals surface area contributed by atoms with E-state index in [-0.39, 0.29) is 25.6 Å². The number of allylic oxidation sites excluding steroid dienone is 2. The smallest absolute Gasteiger partial charge is 0.0815 e. The molecule has 1 N–H and O–H groups in total. The average Bonchev–Trinajstić information content (AvgIpc) is 2.87. The number of rotatable bonds is 22. The molecule has 0 spiro atoms. The van der Waals surface area contributed by atoms with Gasteiger partial charge in [0, 0.05) is 6.61 Å². The standard InChI is InChI=1S/C35H66O2.CH4/c1-8-10-12-13-14-16-26-37-35-32(7)31(6)34(36)27-33(35)25-24-30(5)23-18-22-29(4)21-17-20-28(3)19-15-11-9-2;/h19,27,29-32,34-36H,8-18,20-26H2,1-7H3;1H4/b28-19+;. The quantitative estimate of drug-likeness (QED) is 0.110. The molecule has 0 heterocycles. The van der Waals surface area contributed by atoms with Crippen molar-refractivity contribution in [3.05, 3.63) is 23.3 Å². The van der Waals surface area contributed by atoms with Gasteiger partial charge in [0.1, 0.15) is 0 Å². The van der Waals surface area contributed by atoms with Crippen molar-refractivity contribution < 1.29 is 9.84 Å². The van der Waals surface area contributed by atoms with E-state index in [0.717, 1.165) is 24.9 Å². The molecule has 0 bridgehead atoms. The highest BCUT2D eigenvalue weighted by molar-refractivity contribution is 5.18. The number of hydrogen-bond donors (Lipinski definition) is 1. The van der Waals surface area contributed by atoms with E-state index in [2.05, 4.69) is 60.6 Å². The molecule has 0 radical (unpaired) electrons. The van der Waals surface area contributed by atoms with Crippen LogP contribution in [0.25, 0.3) is 0 Å². The second-order valence-electron chi connectivity index (χ2n) is 12.8. The fraction of sp³-hybridized carbons (Fsp3) is 0.889. The highest BCUT2D eigenvalue weighted by atomic mass is 16.5. The molecule has 6 atom stereocenters. The lowest BCUT2D eigenvalue weighted by molar-refractivity contribution is -0.0127. The summed E-state index contributed by atoms with van der Waals surface area (Å²) in [6.07, 6.45) is 26.5. The molecule has 0 amide bonds. The molecule has 0 saturated carbocycles. The van der Waals surface area contributed by atoms with E-state index in [1.165, 1.54) is 108 Å². The third-order valence-electron chi connectivity index (χ3n) is 9.03. The van der Waals surface area contributed by atoms with Crippen molar-refractivity contribution >= 4 is 0 Å². The van der Waals surface area contributed by atoms with Crippen LogP contribution in [-0.4, -0.2) is 23.9 Å². The van der Waals surface area contributed by atoms with Crippen LogP contribution < -0.4 is 0 Å². The minimum atomic E-state index is -0.319. The van der Waals surface area contributed by atoms with Crippen molar-refractivity contribution in [1.29, 1.82) is 0 Å². The summed E-state index contributed by atoms with van der Waals surface area (Å²) in [5, 5.41) is 10.6. The van der Waals surface area contributed by atoms with Gasteiger partial charge in [-0.3, -0.25) is 0 Å². The SMILES string of the molecule is C.CCCC/C=C(\C)CCCC(C)CCCC(C)CCC1=CC(O)C(C)C(C)C1OCCCCCCCC. The van der Waals surface area contributed by atoms with Crippen LogP contribution in [-0.2, 0) is 4.74 Å². The van der Waals surface area contributed by atoms with Gasteiger partial charge in [0.2, 0.25) is 0 Å². The van der Waals surface area contributed by atoms with E-state index in [9.17, 15) is 5.11 Å². The predicted octanol–water partition coefficient (Wildman–Crippen LogP) is 11.5. The molecule has 6 unspecified atom stereocenters. The van der Waals surface area contributed by atoms with E-state index in [1.54, 1.807) is 5.57 Å². The lowest BCUT2D eigenvalue weighted by Gasteiger charge is -2.38. The monoisotopic (exact) mass is 535 g/mol. The van der Waals surface area contributed by atoms with Gasteiger partial charge in [0.05, 0.1) is 12.2 Å². The van der Waals surface area contributed by atoms with Crippen molar-refractivity contribution in [2.45, 2.75) is 177 Å². The van der Waals surface area contributed by atoms with Crippen LogP contribution in [0.15, 0.2) is 23.3 Å². The van der Waals surface area contributed by atoms with Crippen molar-refractivity contribution in [2.75, 3.05) is 6.61 Å². The summed E-state index contributed by atoms with van der Waals surface area (Å²) >= 11 is 0. The van der Waals surface area contributed by atoms with Gasteiger partial charge in [-0.05, 0) is 74.7 Å². The van der Waals surface area contributed by atoms with E-state index in [0.29, 0.717) is 5.92 Å². The first-order chi connectivity index (χ1) is 17.8. The Hall–Kier alpha value is -0.600. The summed E-state index contributed by atoms with van der Waals surface area (Å²) in [5.74, 6) is 2.24. The number of aliphatic hydroxyl groups is 1. The summed E-state index contributed by atoms with van der Waals surface area (Å²) in [6.45, 7) is 17.0. The summed E-state index contributed by atoms with van der Waals surface area (Å²) < 4.78 is 6.48. The molecule has 1 rings (SSSR count). The van der Waals surface area contributed by atoms with Gasteiger partial charge < -0.3 is 9.84 Å². The van der Waals surface area contributed by atoms with Crippen LogP contribution in [0.1, 0.15) is 165 Å². The molecule has 0 aromatic rings. The van der Waals surface area contributed by atoms with Crippen molar-refractivity contribution in [1.82, 2.24) is 0 Å². The second kappa shape index (κ2) is 23.1. The third-order valence-corrected chi connectivity index (χ3v) is 9.03. The van der Waals surface area contributed by atoms with Crippen molar-refractivity contribution in [2.24, 2.45) is 23.7 Å². The lowest BCUT2D eigenvalue weighted by Crippen LogP contribution is -2.39. The van der Waals surface area contributed by atoms with Gasteiger partial charge in [0.15, 0.2) is 0 Å². The van der Waals surface area contributed by atoms with Gasteiger partial charge in [0.25, 0.3) is 0 Å². The number of unbranched alkanes of at least 4 members (excludes halogenated alkanes) is 7. The molecule has 0 aliphatic heterocycles. The first-order valence-electron chi connectivity index (χ1n) is 16.5. The zero-order valence-electron chi connectivity index (χ0n) is 26.2. The summed E-state index contributed by atoms with van der Waals surface area (Å²) in [5.41, 5.74) is 2.96.